The van der Waals surface area contributed by atoms with Gasteiger partial charge in [0, 0.05) is 0 Å². The van der Waals surface area contributed by atoms with Crippen molar-refractivity contribution in [2.45, 2.75) is 13.2 Å². The highest BCUT2D eigenvalue weighted by molar-refractivity contribution is 6.17. The molecule has 0 saturated carbocycles. The summed E-state index contributed by atoms with van der Waals surface area (Å²) in [5.74, 6) is 0. The lowest BCUT2D eigenvalue weighted by Crippen LogP contribution is -1.86. The van der Waals surface area contributed by atoms with Crippen LogP contribution in [0, 0.1) is 0 Å². The zero-order chi connectivity index (χ0) is 15.1. The summed E-state index contributed by atoms with van der Waals surface area (Å²) in [7, 11) is 0. The van der Waals surface area contributed by atoms with Crippen LogP contribution < -0.4 is 0 Å². The first kappa shape index (κ1) is 13.3. The lowest BCUT2D eigenvalue weighted by atomic mass is 9.95. The van der Waals surface area contributed by atoms with Crippen molar-refractivity contribution in [2.75, 3.05) is 0 Å². The number of benzene rings is 4. The van der Waals surface area contributed by atoms with Crippen LogP contribution in [0.25, 0.3) is 32.3 Å². The molecule has 0 heterocycles. The van der Waals surface area contributed by atoms with Crippen LogP contribution in [-0.4, -0.2) is 10.2 Å². The molecule has 2 N–H and O–H groups in total. The SMILES string of the molecule is OCc1ccc2c(ccc3c4cc(CO)ccc4ccc23)c1. The van der Waals surface area contributed by atoms with Crippen molar-refractivity contribution >= 4 is 32.3 Å². The van der Waals surface area contributed by atoms with Crippen LogP contribution in [0.15, 0.2) is 60.7 Å². The second-order valence-electron chi connectivity index (χ2n) is 5.65. The maximum Gasteiger partial charge on any atom is 0.0682 e. The van der Waals surface area contributed by atoms with Gasteiger partial charge in [0.25, 0.3) is 0 Å². The minimum atomic E-state index is 0.0553. The van der Waals surface area contributed by atoms with Crippen LogP contribution >= 0.6 is 0 Å². The summed E-state index contributed by atoms with van der Waals surface area (Å²) in [4.78, 5) is 0. The lowest BCUT2D eigenvalue weighted by molar-refractivity contribution is 0.282. The molecule has 0 fully saturated rings. The third kappa shape index (κ3) is 1.97. The van der Waals surface area contributed by atoms with E-state index in [0.29, 0.717) is 0 Å². The maximum atomic E-state index is 9.37. The molecule has 0 bridgehead atoms. The molecule has 0 atom stereocenters. The Kier molecular flexibility index (Phi) is 3.07. The number of aliphatic hydroxyl groups excluding tert-OH is 2. The van der Waals surface area contributed by atoms with Gasteiger partial charge < -0.3 is 10.2 Å². The first-order chi connectivity index (χ1) is 10.8. The summed E-state index contributed by atoms with van der Waals surface area (Å²) in [6.45, 7) is 0.116. The van der Waals surface area contributed by atoms with Crippen molar-refractivity contribution in [3.8, 4) is 0 Å². The van der Waals surface area contributed by atoms with E-state index < -0.39 is 0 Å². The molecule has 0 aliphatic heterocycles. The molecule has 0 unspecified atom stereocenters. The minimum absolute atomic E-state index is 0.0553. The predicted molar refractivity (Wildman–Crippen MR) is 90.8 cm³/mol. The molecule has 4 aromatic carbocycles. The Labute approximate surface area is 128 Å². The average molecular weight is 288 g/mol. The van der Waals surface area contributed by atoms with Crippen molar-refractivity contribution in [1.82, 2.24) is 0 Å². The minimum Gasteiger partial charge on any atom is -0.392 e. The third-order valence-corrected chi connectivity index (χ3v) is 4.33. The molecule has 4 rings (SSSR count). The van der Waals surface area contributed by atoms with E-state index in [9.17, 15) is 10.2 Å². The zero-order valence-corrected chi connectivity index (χ0v) is 12.1. The van der Waals surface area contributed by atoms with Crippen LogP contribution in [0.2, 0.25) is 0 Å². The van der Waals surface area contributed by atoms with Gasteiger partial charge in [-0.2, -0.15) is 0 Å². The smallest absolute Gasteiger partial charge is 0.0682 e. The third-order valence-electron chi connectivity index (χ3n) is 4.33. The molecule has 108 valence electrons. The van der Waals surface area contributed by atoms with Gasteiger partial charge >= 0.3 is 0 Å². The lowest BCUT2D eigenvalue weighted by Gasteiger charge is -2.09. The molecule has 0 aliphatic carbocycles. The van der Waals surface area contributed by atoms with Crippen molar-refractivity contribution < 1.29 is 10.2 Å². The molecular weight excluding hydrogens is 272 g/mol. The van der Waals surface area contributed by atoms with E-state index in [-0.39, 0.29) is 13.2 Å². The van der Waals surface area contributed by atoms with Gasteiger partial charge in [0.15, 0.2) is 0 Å². The molecule has 2 heteroatoms. The van der Waals surface area contributed by atoms with Gasteiger partial charge in [0.1, 0.15) is 0 Å². The topological polar surface area (TPSA) is 40.5 Å². The van der Waals surface area contributed by atoms with E-state index in [2.05, 4.69) is 42.5 Å². The fourth-order valence-corrected chi connectivity index (χ4v) is 3.17. The van der Waals surface area contributed by atoms with E-state index in [4.69, 9.17) is 0 Å². The summed E-state index contributed by atoms with van der Waals surface area (Å²) in [5.41, 5.74) is 1.85. The Morgan fingerprint density at radius 1 is 0.500 bits per heavy atom. The number of fused-ring (bicyclic) bond motifs is 5. The quantitative estimate of drug-likeness (QED) is 0.544. The molecule has 0 saturated heterocycles. The Hall–Kier alpha value is -2.42. The zero-order valence-electron chi connectivity index (χ0n) is 12.1. The van der Waals surface area contributed by atoms with E-state index in [1.165, 1.54) is 21.5 Å². The first-order valence-electron chi connectivity index (χ1n) is 7.39. The molecule has 0 spiro atoms. The maximum absolute atomic E-state index is 9.37. The van der Waals surface area contributed by atoms with E-state index in [0.717, 1.165) is 21.9 Å². The van der Waals surface area contributed by atoms with E-state index in [1.54, 1.807) is 0 Å². The van der Waals surface area contributed by atoms with Crippen LogP contribution in [0.5, 0.6) is 0 Å². The summed E-state index contributed by atoms with van der Waals surface area (Å²) < 4.78 is 0. The Balaban J connectivity index is 2.12. The second kappa shape index (κ2) is 5.09. The van der Waals surface area contributed by atoms with Gasteiger partial charge in [-0.25, -0.2) is 0 Å². The van der Waals surface area contributed by atoms with Gasteiger partial charge in [-0.3, -0.25) is 0 Å². The van der Waals surface area contributed by atoms with Gasteiger partial charge in [-0.05, 0) is 55.6 Å². The second-order valence-corrected chi connectivity index (χ2v) is 5.65. The van der Waals surface area contributed by atoms with Gasteiger partial charge in [-0.15, -0.1) is 0 Å². The van der Waals surface area contributed by atoms with Gasteiger partial charge in [-0.1, -0.05) is 48.5 Å². The number of hydrogen-bond donors (Lipinski definition) is 2. The highest BCUT2D eigenvalue weighted by atomic mass is 16.3. The highest BCUT2D eigenvalue weighted by Crippen LogP contribution is 2.32. The number of aliphatic hydroxyl groups is 2. The Morgan fingerprint density at radius 2 is 1.05 bits per heavy atom. The monoisotopic (exact) mass is 288 g/mol. The molecule has 0 aliphatic rings. The number of hydrogen-bond acceptors (Lipinski definition) is 2. The molecule has 0 radical (unpaired) electrons. The molecule has 0 amide bonds. The molecule has 22 heavy (non-hydrogen) atoms. The molecular formula is C20H16O2. The van der Waals surface area contributed by atoms with Crippen LogP contribution in [0.1, 0.15) is 11.1 Å². The van der Waals surface area contributed by atoms with Crippen molar-refractivity contribution in [3.63, 3.8) is 0 Å². The van der Waals surface area contributed by atoms with Gasteiger partial charge in [0.05, 0.1) is 13.2 Å². The van der Waals surface area contributed by atoms with Crippen LogP contribution in [0.4, 0.5) is 0 Å². The molecule has 2 nitrogen and oxygen atoms in total. The average Bonchev–Trinajstić information content (AvgIpc) is 2.60. The van der Waals surface area contributed by atoms with Crippen molar-refractivity contribution in [2.24, 2.45) is 0 Å². The van der Waals surface area contributed by atoms with Crippen LogP contribution in [-0.2, 0) is 13.2 Å². The van der Waals surface area contributed by atoms with Gasteiger partial charge in [0.2, 0.25) is 0 Å². The summed E-state index contributed by atoms with van der Waals surface area (Å²) in [5, 5.41) is 25.7. The normalized spacial score (nSPS) is 11.5. The molecule has 0 aromatic heterocycles. The Bertz CT molecular complexity index is 1000. The summed E-state index contributed by atoms with van der Waals surface area (Å²) in [6.07, 6.45) is 0. The van der Waals surface area contributed by atoms with Crippen molar-refractivity contribution in [1.29, 1.82) is 0 Å². The summed E-state index contributed by atoms with van der Waals surface area (Å²) >= 11 is 0. The number of rotatable bonds is 2. The van der Waals surface area contributed by atoms with Crippen LogP contribution in [0.3, 0.4) is 0 Å². The molecule has 4 aromatic rings. The fraction of sp³-hybridized carbons (Fsp3) is 0.100. The summed E-state index contributed by atoms with van der Waals surface area (Å²) in [6, 6.07) is 20.7. The first-order valence-corrected chi connectivity index (χ1v) is 7.39. The largest absolute Gasteiger partial charge is 0.392 e. The van der Waals surface area contributed by atoms with E-state index >= 15 is 0 Å². The predicted octanol–water partition coefficient (Wildman–Crippen LogP) is 4.13. The van der Waals surface area contributed by atoms with E-state index in [1.807, 2.05) is 18.2 Å². The highest BCUT2D eigenvalue weighted by Gasteiger charge is 2.06. The fourth-order valence-electron chi connectivity index (χ4n) is 3.17. The Morgan fingerprint density at radius 3 is 1.82 bits per heavy atom. The van der Waals surface area contributed by atoms with Crippen molar-refractivity contribution in [3.05, 3.63) is 71.8 Å². The standard InChI is InChI=1S/C20H16O2/c21-11-13-2-6-17-16(9-13)5-8-19-18(17)7-4-15-3-1-14(12-22)10-20(15)19/h1-10,21-22H,11-12H2.